The SMILES string of the molecule is O=C(COc1ccc2c(c1)O/C(=C\c1cccc([N+](=O)[O-])c1)C2=O)c1ccc(Br)cc1. The number of hydrogen-bond acceptors (Lipinski definition) is 6. The molecule has 0 N–H and O–H groups in total. The molecule has 0 radical (unpaired) electrons. The number of nitro benzene ring substituents is 1. The average Bonchev–Trinajstić information content (AvgIpc) is 3.07. The van der Waals surface area contributed by atoms with Crippen molar-refractivity contribution < 1.29 is 24.0 Å². The molecule has 3 aromatic carbocycles. The first-order chi connectivity index (χ1) is 14.9. The molecule has 0 saturated carbocycles. The van der Waals surface area contributed by atoms with E-state index >= 15 is 0 Å². The molecule has 0 saturated heterocycles. The van der Waals surface area contributed by atoms with Crippen LogP contribution in [0.4, 0.5) is 5.69 Å². The molecule has 154 valence electrons. The van der Waals surface area contributed by atoms with E-state index in [0.717, 1.165) is 4.47 Å². The molecule has 0 amide bonds. The van der Waals surface area contributed by atoms with Gasteiger partial charge < -0.3 is 9.47 Å². The first kappa shape index (κ1) is 20.5. The van der Waals surface area contributed by atoms with E-state index in [9.17, 15) is 19.7 Å². The summed E-state index contributed by atoms with van der Waals surface area (Å²) in [4.78, 5) is 35.3. The molecular weight excluding hydrogens is 466 g/mol. The summed E-state index contributed by atoms with van der Waals surface area (Å²) in [5, 5.41) is 10.9. The highest BCUT2D eigenvalue weighted by Crippen LogP contribution is 2.35. The van der Waals surface area contributed by atoms with Gasteiger partial charge in [0, 0.05) is 28.2 Å². The highest BCUT2D eigenvalue weighted by molar-refractivity contribution is 9.10. The number of ketones is 2. The molecule has 0 aromatic heterocycles. The smallest absolute Gasteiger partial charge is 0.270 e. The highest BCUT2D eigenvalue weighted by Gasteiger charge is 2.28. The van der Waals surface area contributed by atoms with Crippen molar-refractivity contribution in [2.75, 3.05) is 6.61 Å². The second kappa shape index (κ2) is 8.53. The van der Waals surface area contributed by atoms with Gasteiger partial charge >= 0.3 is 0 Å². The van der Waals surface area contributed by atoms with Crippen LogP contribution in [-0.4, -0.2) is 23.1 Å². The molecule has 1 heterocycles. The van der Waals surface area contributed by atoms with Crippen LogP contribution < -0.4 is 9.47 Å². The van der Waals surface area contributed by atoms with Crippen molar-refractivity contribution in [3.8, 4) is 11.5 Å². The Bertz CT molecular complexity index is 1230. The van der Waals surface area contributed by atoms with Gasteiger partial charge in [-0.2, -0.15) is 0 Å². The Labute approximate surface area is 185 Å². The van der Waals surface area contributed by atoms with Gasteiger partial charge in [-0.1, -0.05) is 40.2 Å². The fourth-order valence-corrected chi connectivity index (χ4v) is 3.27. The van der Waals surface area contributed by atoms with Gasteiger partial charge in [0.15, 0.2) is 18.1 Å². The molecule has 0 unspecified atom stereocenters. The molecule has 8 heteroatoms. The van der Waals surface area contributed by atoms with E-state index in [1.54, 1.807) is 42.5 Å². The minimum atomic E-state index is -0.507. The van der Waals surface area contributed by atoms with E-state index in [4.69, 9.17) is 9.47 Å². The topological polar surface area (TPSA) is 95.7 Å². The molecule has 0 bridgehead atoms. The molecule has 7 nitrogen and oxygen atoms in total. The van der Waals surface area contributed by atoms with Crippen LogP contribution in [-0.2, 0) is 0 Å². The summed E-state index contributed by atoms with van der Waals surface area (Å²) in [5.41, 5.74) is 1.27. The van der Waals surface area contributed by atoms with E-state index in [-0.39, 0.29) is 29.6 Å². The number of rotatable bonds is 6. The van der Waals surface area contributed by atoms with Gasteiger partial charge in [0.05, 0.1) is 10.5 Å². The zero-order valence-electron chi connectivity index (χ0n) is 15.9. The van der Waals surface area contributed by atoms with Crippen LogP contribution in [0.1, 0.15) is 26.3 Å². The van der Waals surface area contributed by atoms with Crippen molar-refractivity contribution in [3.63, 3.8) is 0 Å². The summed E-state index contributed by atoms with van der Waals surface area (Å²) in [6.45, 7) is -0.162. The van der Waals surface area contributed by atoms with Gasteiger partial charge in [-0.15, -0.1) is 0 Å². The van der Waals surface area contributed by atoms with Crippen molar-refractivity contribution >= 4 is 39.3 Å². The molecule has 3 aromatic rings. The molecule has 0 aliphatic carbocycles. The Balaban J connectivity index is 1.48. The minimum Gasteiger partial charge on any atom is -0.485 e. The molecule has 1 aliphatic rings. The van der Waals surface area contributed by atoms with Crippen LogP contribution in [0, 0.1) is 10.1 Å². The summed E-state index contributed by atoms with van der Waals surface area (Å²) in [7, 11) is 0. The van der Waals surface area contributed by atoms with Gasteiger partial charge in [-0.25, -0.2) is 0 Å². The second-order valence-corrected chi connectivity index (χ2v) is 7.58. The van der Waals surface area contributed by atoms with Crippen molar-refractivity contribution in [2.24, 2.45) is 0 Å². The Hall–Kier alpha value is -3.78. The van der Waals surface area contributed by atoms with Crippen LogP contribution in [0.2, 0.25) is 0 Å². The van der Waals surface area contributed by atoms with Crippen LogP contribution in [0.5, 0.6) is 11.5 Å². The van der Waals surface area contributed by atoms with Crippen molar-refractivity contribution in [1.29, 1.82) is 0 Å². The van der Waals surface area contributed by atoms with Crippen LogP contribution >= 0.6 is 15.9 Å². The Morgan fingerprint density at radius 1 is 1.10 bits per heavy atom. The first-order valence-electron chi connectivity index (χ1n) is 9.15. The summed E-state index contributed by atoms with van der Waals surface area (Å²) in [6, 6.07) is 17.5. The van der Waals surface area contributed by atoms with E-state index < -0.39 is 4.92 Å². The maximum Gasteiger partial charge on any atom is 0.270 e. The quantitative estimate of drug-likeness (QED) is 0.207. The van der Waals surface area contributed by atoms with Crippen LogP contribution in [0.3, 0.4) is 0 Å². The van der Waals surface area contributed by atoms with Gasteiger partial charge in [0.2, 0.25) is 5.78 Å². The zero-order chi connectivity index (χ0) is 22.0. The number of Topliss-reactive ketones (excluding diaryl/α,β-unsaturated/α-hetero) is 2. The number of carbonyl (C=O) groups excluding carboxylic acids is 2. The Morgan fingerprint density at radius 3 is 2.61 bits per heavy atom. The number of non-ortho nitro benzene ring substituents is 1. The molecule has 0 atom stereocenters. The first-order valence-corrected chi connectivity index (χ1v) is 9.94. The Kier molecular flexibility index (Phi) is 5.64. The lowest BCUT2D eigenvalue weighted by atomic mass is 10.1. The fourth-order valence-electron chi connectivity index (χ4n) is 3.00. The highest BCUT2D eigenvalue weighted by atomic mass is 79.9. The predicted octanol–water partition coefficient (Wildman–Crippen LogP) is 5.24. The maximum atomic E-state index is 12.6. The van der Waals surface area contributed by atoms with Crippen molar-refractivity contribution in [2.45, 2.75) is 0 Å². The average molecular weight is 480 g/mol. The fraction of sp³-hybridized carbons (Fsp3) is 0.0435. The molecular formula is C23H14BrNO6. The lowest BCUT2D eigenvalue weighted by Gasteiger charge is -2.07. The zero-order valence-corrected chi connectivity index (χ0v) is 17.5. The number of ether oxygens (including phenoxy) is 2. The van der Waals surface area contributed by atoms with Gasteiger partial charge in [-0.05, 0) is 35.9 Å². The third-order valence-electron chi connectivity index (χ3n) is 4.56. The van der Waals surface area contributed by atoms with Gasteiger partial charge in [0.1, 0.15) is 11.5 Å². The van der Waals surface area contributed by atoms with E-state index in [0.29, 0.717) is 28.2 Å². The largest absolute Gasteiger partial charge is 0.485 e. The van der Waals surface area contributed by atoms with Gasteiger partial charge in [-0.3, -0.25) is 19.7 Å². The number of nitrogens with zero attached hydrogens (tertiary/aromatic N) is 1. The number of carbonyl (C=O) groups is 2. The molecule has 0 fully saturated rings. The van der Waals surface area contributed by atoms with Crippen LogP contribution in [0.25, 0.3) is 6.08 Å². The normalized spacial score (nSPS) is 13.6. The molecule has 1 aliphatic heterocycles. The van der Waals surface area contributed by atoms with E-state index in [2.05, 4.69) is 15.9 Å². The van der Waals surface area contributed by atoms with Crippen LogP contribution in [0.15, 0.2) is 77.0 Å². The standard InChI is InChI=1S/C23H14BrNO6/c24-16-6-4-15(5-7-16)20(26)13-30-18-8-9-19-21(12-18)31-22(23(19)27)11-14-2-1-3-17(10-14)25(28)29/h1-12H,13H2/b22-11-. The Morgan fingerprint density at radius 2 is 1.87 bits per heavy atom. The monoisotopic (exact) mass is 479 g/mol. The molecule has 0 spiro atoms. The van der Waals surface area contributed by atoms with Gasteiger partial charge in [0.25, 0.3) is 5.69 Å². The molecule has 31 heavy (non-hydrogen) atoms. The van der Waals surface area contributed by atoms with Crippen molar-refractivity contribution in [1.82, 2.24) is 0 Å². The summed E-state index contributed by atoms with van der Waals surface area (Å²) >= 11 is 3.32. The number of nitro groups is 1. The predicted molar refractivity (Wildman–Crippen MR) is 116 cm³/mol. The summed E-state index contributed by atoms with van der Waals surface area (Å²) < 4.78 is 12.1. The lowest BCUT2D eigenvalue weighted by molar-refractivity contribution is -0.384. The number of fused-ring (bicyclic) bond motifs is 1. The maximum absolute atomic E-state index is 12.6. The summed E-state index contributed by atoms with van der Waals surface area (Å²) in [5.74, 6) is 0.220. The second-order valence-electron chi connectivity index (χ2n) is 6.67. The van der Waals surface area contributed by atoms with Crippen molar-refractivity contribution in [3.05, 3.63) is 104 Å². The number of hydrogen-bond donors (Lipinski definition) is 0. The minimum absolute atomic E-state index is 0.0542. The molecule has 4 rings (SSSR count). The third kappa shape index (κ3) is 4.54. The number of allylic oxidation sites excluding steroid dienone is 1. The third-order valence-corrected chi connectivity index (χ3v) is 5.08. The summed E-state index contributed by atoms with van der Waals surface area (Å²) in [6.07, 6.45) is 1.45. The van der Waals surface area contributed by atoms with E-state index in [1.807, 2.05) is 0 Å². The number of halogens is 1. The lowest BCUT2D eigenvalue weighted by Crippen LogP contribution is -2.11. The number of benzene rings is 3. The van der Waals surface area contributed by atoms with E-state index in [1.165, 1.54) is 30.3 Å².